The summed E-state index contributed by atoms with van der Waals surface area (Å²) in [5, 5.41) is 2.76. The molecule has 0 aliphatic heterocycles. The molecule has 4 nitrogen and oxygen atoms in total. The Morgan fingerprint density at radius 1 is 1.30 bits per heavy atom. The summed E-state index contributed by atoms with van der Waals surface area (Å²) in [7, 11) is 0. The van der Waals surface area contributed by atoms with E-state index in [2.05, 4.69) is 12.2 Å². The van der Waals surface area contributed by atoms with E-state index in [4.69, 9.17) is 9.15 Å². The van der Waals surface area contributed by atoms with Crippen LogP contribution in [0.1, 0.15) is 42.8 Å². The number of hydrogen-bond acceptors (Lipinski definition) is 3. The Hall–Kier alpha value is -2.44. The molecule has 2 aromatic rings. The van der Waals surface area contributed by atoms with Gasteiger partial charge in [0, 0.05) is 25.3 Å². The first-order valence-electron chi connectivity index (χ1n) is 8.94. The maximum atomic E-state index is 12.2. The van der Waals surface area contributed by atoms with Crippen LogP contribution in [0.3, 0.4) is 0 Å². The van der Waals surface area contributed by atoms with Crippen molar-refractivity contribution in [2.24, 2.45) is 5.92 Å². The van der Waals surface area contributed by atoms with Crippen LogP contribution in [0.25, 0.3) is 0 Å². The summed E-state index contributed by atoms with van der Waals surface area (Å²) >= 11 is 0. The van der Waals surface area contributed by atoms with Crippen molar-refractivity contribution in [2.75, 3.05) is 6.61 Å². The Labute approximate surface area is 155 Å². The van der Waals surface area contributed by atoms with Crippen molar-refractivity contribution in [3.8, 4) is 5.75 Å². The van der Waals surface area contributed by atoms with E-state index in [1.165, 1.54) is 12.1 Å². The van der Waals surface area contributed by atoms with Crippen LogP contribution in [0.4, 0.5) is 13.2 Å². The second-order valence-electron chi connectivity index (χ2n) is 6.95. The third-order valence-electron chi connectivity index (χ3n) is 4.55. The van der Waals surface area contributed by atoms with Gasteiger partial charge in [0.15, 0.2) is 6.61 Å². The van der Waals surface area contributed by atoms with E-state index in [0.717, 1.165) is 17.9 Å². The minimum atomic E-state index is -4.38. The van der Waals surface area contributed by atoms with Crippen molar-refractivity contribution in [3.63, 3.8) is 0 Å². The van der Waals surface area contributed by atoms with Gasteiger partial charge >= 0.3 is 6.18 Å². The van der Waals surface area contributed by atoms with Crippen LogP contribution < -0.4 is 10.1 Å². The summed E-state index contributed by atoms with van der Waals surface area (Å²) in [6.07, 6.45) is -2.42. The van der Waals surface area contributed by atoms with Crippen molar-refractivity contribution in [1.29, 1.82) is 0 Å². The van der Waals surface area contributed by atoms with E-state index in [1.54, 1.807) is 12.1 Å². The van der Waals surface area contributed by atoms with E-state index in [1.807, 2.05) is 12.1 Å². The first-order valence-corrected chi connectivity index (χ1v) is 8.94. The molecule has 1 amide bonds. The van der Waals surface area contributed by atoms with Crippen LogP contribution in [-0.4, -0.2) is 18.7 Å². The van der Waals surface area contributed by atoms with Crippen LogP contribution in [0, 0.1) is 5.92 Å². The number of aryl methyl sites for hydroxylation is 1. The van der Waals surface area contributed by atoms with Crippen LogP contribution in [-0.2, 0) is 17.8 Å². The van der Waals surface area contributed by atoms with Crippen LogP contribution in [0.2, 0.25) is 0 Å². The molecule has 1 aliphatic rings. The smallest absolute Gasteiger partial charge is 0.422 e. The quantitative estimate of drug-likeness (QED) is 0.727. The second-order valence-corrected chi connectivity index (χ2v) is 6.95. The van der Waals surface area contributed by atoms with E-state index in [0.29, 0.717) is 23.8 Å². The van der Waals surface area contributed by atoms with Gasteiger partial charge in [0.25, 0.3) is 0 Å². The first kappa shape index (κ1) is 19.3. The second kappa shape index (κ2) is 8.06. The number of amides is 1. The molecule has 1 aliphatic carbocycles. The number of halogens is 3. The molecule has 1 saturated carbocycles. The van der Waals surface area contributed by atoms with Crippen molar-refractivity contribution < 1.29 is 27.1 Å². The van der Waals surface area contributed by atoms with Gasteiger partial charge in [-0.15, -0.1) is 0 Å². The average molecular weight is 381 g/mol. The number of carbonyl (C=O) groups is 1. The molecular weight excluding hydrogens is 359 g/mol. The van der Waals surface area contributed by atoms with Gasteiger partial charge in [0.05, 0.1) is 0 Å². The summed E-state index contributed by atoms with van der Waals surface area (Å²) < 4.78 is 47.1. The Morgan fingerprint density at radius 3 is 2.78 bits per heavy atom. The monoisotopic (exact) mass is 381 g/mol. The highest BCUT2D eigenvalue weighted by atomic mass is 19.4. The Bertz CT molecular complexity index is 785. The predicted octanol–water partition coefficient (Wildman–Crippen LogP) is 4.59. The van der Waals surface area contributed by atoms with Gasteiger partial charge < -0.3 is 14.5 Å². The van der Waals surface area contributed by atoms with Crippen LogP contribution >= 0.6 is 0 Å². The molecule has 0 spiro atoms. The number of nitrogens with one attached hydrogen (secondary N) is 1. The van der Waals surface area contributed by atoms with Gasteiger partial charge in [-0.2, -0.15) is 13.2 Å². The maximum Gasteiger partial charge on any atom is 0.422 e. The maximum absolute atomic E-state index is 12.2. The largest absolute Gasteiger partial charge is 0.484 e. The minimum Gasteiger partial charge on any atom is -0.484 e. The normalized spacial score (nSPS) is 19.0. The fourth-order valence-corrected chi connectivity index (χ4v) is 2.88. The van der Waals surface area contributed by atoms with Crippen molar-refractivity contribution in [1.82, 2.24) is 5.32 Å². The first-order chi connectivity index (χ1) is 12.8. The molecular formula is C20H22F3NO3. The third-order valence-corrected chi connectivity index (χ3v) is 4.55. The molecule has 146 valence electrons. The number of rotatable bonds is 8. The molecule has 1 heterocycles. The number of ether oxygens (including phenoxy) is 1. The highest BCUT2D eigenvalue weighted by Gasteiger charge is 2.36. The summed E-state index contributed by atoms with van der Waals surface area (Å²) in [4.78, 5) is 12.0. The molecule has 1 aromatic carbocycles. The molecule has 0 radical (unpaired) electrons. The van der Waals surface area contributed by atoms with Gasteiger partial charge in [-0.25, -0.2) is 0 Å². The van der Waals surface area contributed by atoms with Gasteiger partial charge in [-0.1, -0.05) is 19.1 Å². The lowest BCUT2D eigenvalue weighted by molar-refractivity contribution is -0.153. The Morgan fingerprint density at radius 2 is 2.07 bits per heavy atom. The summed E-state index contributed by atoms with van der Waals surface area (Å²) in [6.45, 7) is 1.07. The molecule has 1 fully saturated rings. The molecule has 1 aromatic heterocycles. The number of hydrogen-bond donors (Lipinski definition) is 1. The molecule has 7 heteroatoms. The molecule has 1 N–H and O–H groups in total. The SMILES string of the molecule is CC1CC1c1ccc(CCC(=O)NCc2cccc(OCC(F)(F)F)c2)o1. The molecule has 0 bridgehead atoms. The summed E-state index contributed by atoms with van der Waals surface area (Å²) in [5.74, 6) is 2.95. The fraction of sp³-hybridized carbons (Fsp3) is 0.450. The van der Waals surface area contributed by atoms with Gasteiger partial charge in [0.1, 0.15) is 17.3 Å². The number of benzene rings is 1. The molecule has 0 saturated heterocycles. The molecule has 3 rings (SSSR count). The van der Waals surface area contributed by atoms with Gasteiger partial charge in [-0.05, 0) is 42.2 Å². The van der Waals surface area contributed by atoms with E-state index >= 15 is 0 Å². The number of furan rings is 1. The van der Waals surface area contributed by atoms with Crippen molar-refractivity contribution in [2.45, 2.75) is 44.8 Å². The Kier molecular flexibility index (Phi) is 5.77. The van der Waals surface area contributed by atoms with Gasteiger partial charge in [0.2, 0.25) is 5.91 Å². The zero-order chi connectivity index (χ0) is 19.4. The standard InChI is InChI=1S/C20H22F3NO3/c1-13-9-17(13)18-7-5-15(27-18)6-8-19(25)24-11-14-3-2-4-16(10-14)26-12-20(21,22)23/h2-5,7,10,13,17H,6,8-9,11-12H2,1H3,(H,24,25). The summed E-state index contributed by atoms with van der Waals surface area (Å²) in [6, 6.07) is 10.1. The lowest BCUT2D eigenvalue weighted by Crippen LogP contribution is -2.23. The minimum absolute atomic E-state index is 0.122. The lowest BCUT2D eigenvalue weighted by atomic mass is 10.2. The van der Waals surface area contributed by atoms with Crippen LogP contribution in [0.15, 0.2) is 40.8 Å². The van der Waals surface area contributed by atoms with Crippen molar-refractivity contribution >= 4 is 5.91 Å². The molecule has 2 atom stereocenters. The van der Waals surface area contributed by atoms with Crippen LogP contribution in [0.5, 0.6) is 5.75 Å². The number of alkyl halides is 3. The zero-order valence-corrected chi connectivity index (χ0v) is 15.0. The Balaban J connectivity index is 1.41. The predicted molar refractivity (Wildman–Crippen MR) is 93.4 cm³/mol. The van der Waals surface area contributed by atoms with Crippen molar-refractivity contribution in [3.05, 3.63) is 53.5 Å². The zero-order valence-electron chi connectivity index (χ0n) is 15.0. The lowest BCUT2D eigenvalue weighted by Gasteiger charge is -2.10. The third kappa shape index (κ3) is 6.05. The highest BCUT2D eigenvalue weighted by Crippen LogP contribution is 2.47. The van der Waals surface area contributed by atoms with E-state index in [-0.39, 0.29) is 24.6 Å². The summed E-state index contributed by atoms with van der Waals surface area (Å²) in [5.41, 5.74) is 0.672. The number of carbonyl (C=O) groups excluding carboxylic acids is 1. The fourth-order valence-electron chi connectivity index (χ4n) is 2.88. The van der Waals surface area contributed by atoms with E-state index in [9.17, 15) is 18.0 Å². The highest BCUT2D eigenvalue weighted by molar-refractivity contribution is 5.76. The average Bonchev–Trinajstić information content (AvgIpc) is 3.16. The topological polar surface area (TPSA) is 51.5 Å². The molecule has 27 heavy (non-hydrogen) atoms. The van der Waals surface area contributed by atoms with E-state index < -0.39 is 12.8 Å². The molecule has 2 unspecified atom stereocenters. The van der Waals surface area contributed by atoms with Gasteiger partial charge in [-0.3, -0.25) is 4.79 Å².